The van der Waals surface area contributed by atoms with Gasteiger partial charge in [-0.25, -0.2) is 4.79 Å². The maximum atomic E-state index is 14.4. The summed E-state index contributed by atoms with van der Waals surface area (Å²) >= 11 is 12.2. The van der Waals surface area contributed by atoms with E-state index in [9.17, 15) is 19.5 Å². The van der Waals surface area contributed by atoms with Crippen molar-refractivity contribution in [1.82, 2.24) is 10.2 Å². The molecule has 0 saturated heterocycles. The number of nitrogens with one attached hydrogen (secondary N) is 1. The molecule has 2 aliphatic rings. The molecule has 324 valence electrons. The minimum absolute atomic E-state index is 0.0849. The Labute approximate surface area is 382 Å². The molecule has 10 nitrogen and oxygen atoms in total. The Morgan fingerprint density at radius 3 is 2.23 bits per heavy atom. The number of rotatable bonds is 13. The van der Waals surface area contributed by atoms with E-state index in [0.29, 0.717) is 57.9 Å². The first kappa shape index (κ1) is 44.0. The number of carbonyl (C=O) groups excluding carboxylic acids is 2. The van der Waals surface area contributed by atoms with Gasteiger partial charge in [-0.2, -0.15) is 5.26 Å². The van der Waals surface area contributed by atoms with Crippen molar-refractivity contribution in [2.45, 2.75) is 70.5 Å². The summed E-state index contributed by atoms with van der Waals surface area (Å²) in [4.78, 5) is 44.7. The first-order valence-corrected chi connectivity index (χ1v) is 21.8. The maximum absolute atomic E-state index is 14.4. The van der Waals surface area contributed by atoms with Gasteiger partial charge >= 0.3 is 5.97 Å². The number of carboxylic acids is 1. The molecule has 3 unspecified atom stereocenters. The molecule has 12 heteroatoms. The third-order valence-electron chi connectivity index (χ3n) is 12.0. The summed E-state index contributed by atoms with van der Waals surface area (Å²) in [6, 6.07) is 39.7. The highest BCUT2D eigenvalue weighted by Crippen LogP contribution is 2.42. The number of nitriles is 1. The first-order chi connectivity index (χ1) is 30.8. The number of amides is 2. The van der Waals surface area contributed by atoms with Gasteiger partial charge < -0.3 is 24.8 Å². The van der Waals surface area contributed by atoms with Crippen LogP contribution in [0.25, 0.3) is 11.1 Å². The van der Waals surface area contributed by atoms with Crippen LogP contribution in [0.2, 0.25) is 10.0 Å². The summed E-state index contributed by atoms with van der Waals surface area (Å²) in [5, 5.41) is 23.4. The lowest BCUT2D eigenvalue weighted by Crippen LogP contribution is -2.54. The van der Waals surface area contributed by atoms with E-state index >= 15 is 0 Å². The molecule has 2 amide bonds. The van der Waals surface area contributed by atoms with Crippen molar-refractivity contribution in [3.8, 4) is 28.7 Å². The van der Waals surface area contributed by atoms with Crippen LogP contribution in [-0.2, 0) is 46.9 Å². The Hall–Kier alpha value is -6.64. The third-order valence-corrected chi connectivity index (χ3v) is 12.7. The molecule has 3 atom stereocenters. The van der Waals surface area contributed by atoms with E-state index in [4.69, 9.17) is 37.9 Å². The predicted octanol–water partition coefficient (Wildman–Crippen LogP) is 10.1. The molecule has 64 heavy (non-hydrogen) atoms. The van der Waals surface area contributed by atoms with Crippen molar-refractivity contribution in [2.24, 2.45) is 0 Å². The van der Waals surface area contributed by atoms with Crippen molar-refractivity contribution < 1.29 is 29.0 Å². The fraction of sp³-hybridized carbons (Fsp3) is 0.231. The average Bonchev–Trinajstić information content (AvgIpc) is 3.30. The van der Waals surface area contributed by atoms with Crippen LogP contribution in [0.5, 0.6) is 11.5 Å². The summed E-state index contributed by atoms with van der Waals surface area (Å²) in [5.74, 6) is -0.367. The Kier molecular flexibility index (Phi) is 13.1. The maximum Gasteiger partial charge on any atom is 0.326 e. The Balaban J connectivity index is 1.02. The number of fused-ring (bicyclic) bond motifs is 2. The topological polar surface area (TPSA) is 132 Å². The summed E-state index contributed by atoms with van der Waals surface area (Å²) in [7, 11) is 1.72. The van der Waals surface area contributed by atoms with Crippen molar-refractivity contribution in [3.05, 3.63) is 182 Å². The lowest BCUT2D eigenvalue weighted by atomic mass is 9.90. The second-order valence-corrected chi connectivity index (χ2v) is 17.4. The molecule has 0 aromatic heterocycles. The van der Waals surface area contributed by atoms with Gasteiger partial charge in [-0.15, -0.1) is 0 Å². The summed E-state index contributed by atoms with van der Waals surface area (Å²) in [5.41, 5.74) is 9.39. The van der Waals surface area contributed by atoms with Gasteiger partial charge in [0.15, 0.2) is 0 Å². The number of carbonyl (C=O) groups is 3. The molecule has 0 spiro atoms. The Morgan fingerprint density at radius 1 is 0.875 bits per heavy atom. The predicted molar refractivity (Wildman–Crippen MR) is 248 cm³/mol. The number of halogens is 2. The highest BCUT2D eigenvalue weighted by molar-refractivity contribution is 6.42. The second-order valence-electron chi connectivity index (χ2n) is 16.6. The molecule has 2 aliphatic heterocycles. The molecular formula is C52H46Cl2N4O6. The van der Waals surface area contributed by atoms with Crippen LogP contribution >= 0.6 is 23.2 Å². The van der Waals surface area contributed by atoms with E-state index in [-0.39, 0.29) is 24.9 Å². The van der Waals surface area contributed by atoms with Crippen LogP contribution in [-0.4, -0.2) is 46.9 Å². The quantitative estimate of drug-likeness (QED) is 0.117. The van der Waals surface area contributed by atoms with E-state index in [0.717, 1.165) is 38.9 Å². The minimum Gasteiger partial charge on any atom is -0.489 e. The van der Waals surface area contributed by atoms with Crippen LogP contribution in [0.4, 0.5) is 5.69 Å². The molecule has 8 rings (SSSR count). The number of ether oxygens (including phenoxy) is 2. The van der Waals surface area contributed by atoms with Gasteiger partial charge in [0.1, 0.15) is 24.1 Å². The van der Waals surface area contributed by atoms with Gasteiger partial charge in [-0.1, -0.05) is 116 Å². The third kappa shape index (κ3) is 9.63. The van der Waals surface area contributed by atoms with Crippen LogP contribution in [0, 0.1) is 11.3 Å². The van der Waals surface area contributed by atoms with Crippen molar-refractivity contribution in [3.63, 3.8) is 0 Å². The fourth-order valence-corrected chi connectivity index (χ4v) is 8.71. The van der Waals surface area contributed by atoms with Gasteiger partial charge in [0, 0.05) is 32.1 Å². The van der Waals surface area contributed by atoms with E-state index in [1.54, 1.807) is 48.3 Å². The van der Waals surface area contributed by atoms with Crippen LogP contribution in [0.3, 0.4) is 0 Å². The standard InChI is InChI=1S/C52H46Cl2N4O6/c1-31(2)42-7-5-4-6-38(42)28-58-29-40-26-48-46(57(3)51(60)49(64-48)37-17-19-41(20-18-37)63-30-34-12-21-43(53)44(54)22-34)24-39(40)25-47(58)50(59)56-45(52(61)62)23-32-8-13-35(14-9-32)36-15-10-33(27-55)11-16-36/h4-22,24,26,31,45,47,49H,23,25,28-30H2,1-3H3,(H,56,59)(H,61,62). The van der Waals surface area contributed by atoms with Crippen molar-refractivity contribution in [2.75, 3.05) is 11.9 Å². The zero-order valence-corrected chi connectivity index (χ0v) is 37.1. The molecule has 6 aromatic carbocycles. The number of anilines is 1. The number of benzene rings is 6. The normalized spacial score (nSPS) is 16.3. The van der Waals surface area contributed by atoms with Crippen LogP contribution in [0.15, 0.2) is 127 Å². The second kappa shape index (κ2) is 19.0. The summed E-state index contributed by atoms with van der Waals surface area (Å²) in [6.45, 7) is 5.41. The molecule has 0 radical (unpaired) electrons. The van der Waals surface area contributed by atoms with Gasteiger partial charge in [0.25, 0.3) is 5.91 Å². The molecule has 0 fully saturated rings. The number of aliphatic carboxylic acids is 1. The van der Waals surface area contributed by atoms with Gasteiger partial charge in [-0.3, -0.25) is 14.5 Å². The van der Waals surface area contributed by atoms with Gasteiger partial charge in [0.05, 0.1) is 33.4 Å². The van der Waals surface area contributed by atoms with Gasteiger partial charge in [0.2, 0.25) is 12.0 Å². The lowest BCUT2D eigenvalue weighted by Gasteiger charge is -2.39. The molecular weight excluding hydrogens is 847 g/mol. The minimum atomic E-state index is -1.18. The molecule has 0 saturated carbocycles. The van der Waals surface area contributed by atoms with Crippen molar-refractivity contribution in [1.29, 1.82) is 5.26 Å². The van der Waals surface area contributed by atoms with E-state index in [2.05, 4.69) is 42.3 Å². The molecule has 6 aromatic rings. The molecule has 0 aliphatic carbocycles. The average molecular weight is 894 g/mol. The van der Waals surface area contributed by atoms with E-state index < -0.39 is 30.1 Å². The number of likely N-dealkylation sites (N-methyl/N-ethyl adjacent to an activating group) is 1. The lowest BCUT2D eigenvalue weighted by molar-refractivity contribution is -0.142. The number of nitrogens with zero attached hydrogens (tertiary/aromatic N) is 3. The highest BCUT2D eigenvalue weighted by Gasteiger charge is 2.38. The van der Waals surface area contributed by atoms with Crippen molar-refractivity contribution >= 4 is 46.7 Å². The number of hydrogen-bond acceptors (Lipinski definition) is 7. The largest absolute Gasteiger partial charge is 0.489 e. The van der Waals surface area contributed by atoms with Crippen LogP contribution < -0.4 is 19.7 Å². The Bertz CT molecular complexity index is 2750. The smallest absolute Gasteiger partial charge is 0.326 e. The van der Waals surface area contributed by atoms with Crippen LogP contribution in [0.1, 0.15) is 70.4 Å². The Morgan fingerprint density at radius 2 is 1.56 bits per heavy atom. The highest BCUT2D eigenvalue weighted by atomic mass is 35.5. The molecule has 2 N–H and O–H groups in total. The fourth-order valence-electron chi connectivity index (χ4n) is 8.39. The number of carboxylic acid groups (broad SMARTS) is 1. The molecule has 0 bridgehead atoms. The first-order valence-electron chi connectivity index (χ1n) is 21.1. The monoisotopic (exact) mass is 892 g/mol. The molecule has 2 heterocycles. The number of hydrogen-bond donors (Lipinski definition) is 2. The van der Waals surface area contributed by atoms with Gasteiger partial charge in [-0.05, 0) is 105 Å². The SMILES string of the molecule is CC(C)c1ccccc1CN1Cc2cc3c(cc2CC1C(=O)NC(Cc1ccc(-c2ccc(C#N)cc2)cc1)C(=O)O)N(C)C(=O)C(c1ccc(OCc2ccc(Cl)c(Cl)c2)cc1)O3. The zero-order chi connectivity index (χ0) is 45.1. The van der Waals surface area contributed by atoms with E-state index in [1.807, 2.05) is 78.9 Å². The summed E-state index contributed by atoms with van der Waals surface area (Å²) < 4.78 is 12.5. The van der Waals surface area contributed by atoms with E-state index in [1.165, 1.54) is 5.56 Å². The summed E-state index contributed by atoms with van der Waals surface area (Å²) in [6.07, 6.45) is -0.517. The zero-order valence-electron chi connectivity index (χ0n) is 35.6.